The highest BCUT2D eigenvalue weighted by Gasteiger charge is 1.98. The van der Waals surface area contributed by atoms with E-state index in [4.69, 9.17) is 5.73 Å². The molecule has 0 bridgehead atoms. The lowest BCUT2D eigenvalue weighted by atomic mass is 10.3. The third-order valence-electron chi connectivity index (χ3n) is 2.58. The summed E-state index contributed by atoms with van der Waals surface area (Å²) in [6.07, 6.45) is 7.05. The molecule has 0 aliphatic rings. The Morgan fingerprint density at radius 1 is 1.50 bits per heavy atom. The van der Waals surface area contributed by atoms with E-state index in [-0.39, 0.29) is 0 Å². The van der Waals surface area contributed by atoms with E-state index in [1.165, 1.54) is 0 Å². The van der Waals surface area contributed by atoms with Crippen LogP contribution < -0.4 is 11.1 Å². The van der Waals surface area contributed by atoms with Gasteiger partial charge < -0.3 is 11.1 Å². The normalized spacial score (nSPS) is 11.3. The Labute approximate surface area is 118 Å². The summed E-state index contributed by atoms with van der Waals surface area (Å²) >= 11 is 0. The summed E-state index contributed by atoms with van der Waals surface area (Å²) in [6, 6.07) is 3.89. The number of imidazole rings is 1. The molecule has 0 saturated heterocycles. The number of aromatic nitrogens is 3. The van der Waals surface area contributed by atoms with Crippen molar-refractivity contribution in [1.29, 1.82) is 0 Å². The summed E-state index contributed by atoms with van der Waals surface area (Å²) in [6.45, 7) is 6.84. The summed E-state index contributed by atoms with van der Waals surface area (Å²) in [4.78, 5) is 12.6. The maximum absolute atomic E-state index is 5.74. The highest BCUT2D eigenvalue weighted by molar-refractivity contribution is 5.78. The number of hydrogen-bond donors (Lipinski definition) is 2. The van der Waals surface area contributed by atoms with Gasteiger partial charge in [0.05, 0.1) is 6.54 Å². The Balaban J connectivity index is 1.94. The molecule has 0 aliphatic carbocycles. The van der Waals surface area contributed by atoms with Crippen LogP contribution in [0.3, 0.4) is 0 Å². The average molecular weight is 270 g/mol. The molecule has 6 heteroatoms. The molecule has 6 nitrogen and oxygen atoms in total. The predicted octanol–water partition coefficient (Wildman–Crippen LogP) is 1.25. The molecular formula is C14H18N6. The molecule has 0 atom stereocenters. The quantitative estimate of drug-likeness (QED) is 0.487. The molecule has 2 heterocycles. The Bertz CT molecular complexity index is 583. The van der Waals surface area contributed by atoms with E-state index < -0.39 is 0 Å². The van der Waals surface area contributed by atoms with Crippen LogP contribution in [0, 0.1) is 0 Å². The molecular weight excluding hydrogens is 252 g/mol. The zero-order chi connectivity index (χ0) is 14.4. The first-order valence-corrected chi connectivity index (χ1v) is 6.26. The van der Waals surface area contributed by atoms with Crippen LogP contribution in [0.5, 0.6) is 0 Å². The smallest absolute Gasteiger partial charge is 0.189 e. The van der Waals surface area contributed by atoms with Crippen LogP contribution in [-0.2, 0) is 6.54 Å². The van der Waals surface area contributed by atoms with Gasteiger partial charge in [-0.05, 0) is 18.6 Å². The second-order valence-electron chi connectivity index (χ2n) is 4.51. The van der Waals surface area contributed by atoms with Crippen molar-refractivity contribution in [2.45, 2.75) is 13.5 Å². The van der Waals surface area contributed by atoms with Crippen molar-refractivity contribution in [3.63, 3.8) is 0 Å². The monoisotopic (exact) mass is 270 g/mol. The van der Waals surface area contributed by atoms with Gasteiger partial charge in [0.2, 0.25) is 0 Å². The zero-order valence-electron chi connectivity index (χ0n) is 11.5. The first kappa shape index (κ1) is 13.8. The highest BCUT2D eigenvalue weighted by Crippen LogP contribution is 2.06. The lowest BCUT2D eigenvalue weighted by molar-refractivity contribution is 0.930. The summed E-state index contributed by atoms with van der Waals surface area (Å²) in [7, 11) is 0. The van der Waals surface area contributed by atoms with Gasteiger partial charge in [0.25, 0.3) is 0 Å². The molecule has 2 aromatic heterocycles. The Kier molecular flexibility index (Phi) is 4.49. The largest absolute Gasteiger partial charge is 0.370 e. The highest BCUT2D eigenvalue weighted by atomic mass is 15.1. The molecule has 0 spiro atoms. The number of pyridine rings is 1. The van der Waals surface area contributed by atoms with Crippen LogP contribution in [0.25, 0.3) is 5.82 Å². The van der Waals surface area contributed by atoms with Crippen molar-refractivity contribution in [3.05, 3.63) is 54.8 Å². The van der Waals surface area contributed by atoms with Crippen molar-refractivity contribution in [2.24, 2.45) is 10.7 Å². The van der Waals surface area contributed by atoms with Gasteiger partial charge >= 0.3 is 0 Å². The third-order valence-corrected chi connectivity index (χ3v) is 2.58. The molecule has 2 aromatic rings. The number of nitrogens with one attached hydrogen (secondary N) is 1. The van der Waals surface area contributed by atoms with Crippen LogP contribution in [0.2, 0.25) is 0 Å². The second-order valence-corrected chi connectivity index (χ2v) is 4.51. The molecule has 0 aliphatic heterocycles. The maximum Gasteiger partial charge on any atom is 0.189 e. The van der Waals surface area contributed by atoms with Crippen LogP contribution in [0.1, 0.15) is 12.5 Å². The van der Waals surface area contributed by atoms with Crippen LogP contribution in [0.15, 0.2) is 54.2 Å². The number of nitrogens with zero attached hydrogens (tertiary/aromatic N) is 4. The first-order valence-electron chi connectivity index (χ1n) is 6.26. The van der Waals surface area contributed by atoms with E-state index in [1.807, 2.05) is 29.8 Å². The molecule has 20 heavy (non-hydrogen) atoms. The summed E-state index contributed by atoms with van der Waals surface area (Å²) < 4.78 is 1.84. The summed E-state index contributed by atoms with van der Waals surface area (Å²) in [5.41, 5.74) is 7.75. The number of aliphatic imine (C=N–C) groups is 1. The Morgan fingerprint density at radius 3 is 2.95 bits per heavy atom. The molecule has 0 amide bonds. The molecule has 0 aromatic carbocycles. The molecule has 0 unspecified atom stereocenters. The molecule has 0 fully saturated rings. The fraction of sp³-hybridized carbons (Fsp3) is 0.214. The lowest BCUT2D eigenvalue weighted by Gasteiger charge is -2.05. The van der Waals surface area contributed by atoms with E-state index in [2.05, 4.69) is 26.9 Å². The van der Waals surface area contributed by atoms with Gasteiger partial charge in [0, 0.05) is 25.1 Å². The van der Waals surface area contributed by atoms with Crippen LogP contribution >= 0.6 is 0 Å². The van der Waals surface area contributed by atoms with Gasteiger partial charge in [0.15, 0.2) is 5.96 Å². The van der Waals surface area contributed by atoms with Gasteiger partial charge in [-0.2, -0.15) is 0 Å². The van der Waals surface area contributed by atoms with Gasteiger partial charge in [-0.25, -0.2) is 15.0 Å². The fourth-order valence-electron chi connectivity index (χ4n) is 1.53. The van der Waals surface area contributed by atoms with E-state index in [9.17, 15) is 0 Å². The minimum Gasteiger partial charge on any atom is -0.370 e. The number of guanidine groups is 1. The molecule has 104 valence electrons. The lowest BCUT2D eigenvalue weighted by Crippen LogP contribution is -2.32. The third kappa shape index (κ3) is 3.94. The van der Waals surface area contributed by atoms with Crippen molar-refractivity contribution >= 4 is 5.96 Å². The van der Waals surface area contributed by atoms with Crippen molar-refractivity contribution < 1.29 is 0 Å². The SMILES string of the molecule is C=C(C)CNC(N)=NCc1ccc(-n2ccnc2)nc1. The maximum atomic E-state index is 5.74. The van der Waals surface area contributed by atoms with Gasteiger partial charge in [-0.3, -0.25) is 4.57 Å². The average Bonchev–Trinajstić information content (AvgIpc) is 2.97. The molecule has 3 N–H and O–H groups in total. The van der Waals surface area contributed by atoms with Crippen molar-refractivity contribution in [3.8, 4) is 5.82 Å². The summed E-state index contributed by atoms with van der Waals surface area (Å²) in [5, 5.41) is 2.98. The standard InChI is InChI=1S/C14H18N6/c1-11(2)7-18-14(15)19-9-12-3-4-13(17-8-12)20-6-5-16-10-20/h3-6,8,10H,1,7,9H2,2H3,(H3,15,18,19). The minimum absolute atomic E-state index is 0.409. The van der Waals surface area contributed by atoms with Gasteiger partial charge in [0.1, 0.15) is 12.1 Å². The van der Waals surface area contributed by atoms with Crippen LogP contribution in [0.4, 0.5) is 0 Å². The first-order chi connectivity index (χ1) is 9.65. The number of hydrogen-bond acceptors (Lipinski definition) is 3. The van der Waals surface area contributed by atoms with E-state index >= 15 is 0 Å². The number of nitrogens with two attached hydrogens (primary N) is 1. The van der Waals surface area contributed by atoms with E-state index in [0.717, 1.165) is 17.0 Å². The molecule has 2 rings (SSSR count). The predicted molar refractivity (Wildman–Crippen MR) is 79.5 cm³/mol. The molecule has 0 saturated carbocycles. The van der Waals surface area contributed by atoms with Gasteiger partial charge in [-0.15, -0.1) is 0 Å². The fourth-order valence-corrected chi connectivity index (χ4v) is 1.53. The van der Waals surface area contributed by atoms with E-state index in [1.54, 1.807) is 18.7 Å². The van der Waals surface area contributed by atoms with Gasteiger partial charge in [-0.1, -0.05) is 18.2 Å². The number of rotatable bonds is 5. The topological polar surface area (TPSA) is 81.1 Å². The minimum atomic E-state index is 0.409. The van der Waals surface area contributed by atoms with E-state index in [0.29, 0.717) is 19.0 Å². The van der Waals surface area contributed by atoms with Crippen molar-refractivity contribution in [1.82, 2.24) is 19.9 Å². The second kappa shape index (κ2) is 6.51. The Morgan fingerprint density at radius 2 is 2.35 bits per heavy atom. The Hall–Kier alpha value is -2.63. The molecule has 0 radical (unpaired) electrons. The van der Waals surface area contributed by atoms with Crippen LogP contribution in [-0.4, -0.2) is 27.0 Å². The zero-order valence-corrected chi connectivity index (χ0v) is 11.5. The van der Waals surface area contributed by atoms with Crippen molar-refractivity contribution in [2.75, 3.05) is 6.54 Å². The summed E-state index contributed by atoms with van der Waals surface area (Å²) in [5.74, 6) is 1.23.